The molecule has 0 atom stereocenters. The van der Waals surface area contributed by atoms with E-state index in [1.807, 2.05) is 0 Å². The number of likely N-dealkylation sites (tertiary alicyclic amines) is 1. The van der Waals surface area contributed by atoms with Gasteiger partial charge in [-0.25, -0.2) is 0 Å². The van der Waals surface area contributed by atoms with Gasteiger partial charge in [-0.3, -0.25) is 4.79 Å². The highest BCUT2D eigenvalue weighted by Gasteiger charge is 2.24. The Morgan fingerprint density at radius 1 is 1.08 bits per heavy atom. The molecule has 2 saturated heterocycles. The van der Waals surface area contributed by atoms with Gasteiger partial charge in [-0.05, 0) is 69.6 Å². The van der Waals surface area contributed by atoms with Gasteiger partial charge in [0.1, 0.15) is 0 Å². The van der Waals surface area contributed by atoms with Crippen LogP contribution in [0.2, 0.25) is 0 Å². The van der Waals surface area contributed by atoms with Crippen molar-refractivity contribution in [3.8, 4) is 0 Å². The van der Waals surface area contributed by atoms with Crippen LogP contribution >= 0.6 is 0 Å². The molecule has 2 aliphatic rings. The summed E-state index contributed by atoms with van der Waals surface area (Å²) in [6.07, 6.45) is 6.62. The molecule has 2 heterocycles. The minimum Gasteiger partial charge on any atom is -0.343 e. The Morgan fingerprint density at radius 2 is 1.77 bits per heavy atom. The van der Waals surface area contributed by atoms with Crippen molar-refractivity contribution < 1.29 is 4.79 Å². The van der Waals surface area contributed by atoms with Crippen molar-refractivity contribution in [1.82, 2.24) is 15.1 Å². The van der Waals surface area contributed by atoms with Crippen molar-refractivity contribution in [2.24, 2.45) is 11.8 Å². The lowest BCUT2D eigenvalue weighted by molar-refractivity contribution is -0.133. The zero-order valence-electron chi connectivity index (χ0n) is 16.3. The van der Waals surface area contributed by atoms with Gasteiger partial charge in [0.2, 0.25) is 5.91 Å². The van der Waals surface area contributed by atoms with E-state index in [1.165, 1.54) is 18.4 Å². The summed E-state index contributed by atoms with van der Waals surface area (Å²) in [5.41, 5.74) is 1.38. The zero-order chi connectivity index (χ0) is 18.2. The molecule has 2 aliphatic heterocycles. The third-order valence-corrected chi connectivity index (χ3v) is 6.06. The van der Waals surface area contributed by atoms with Crippen molar-refractivity contribution >= 4 is 5.91 Å². The molecular formula is C22H35N3O. The van der Waals surface area contributed by atoms with E-state index in [4.69, 9.17) is 0 Å². The second-order valence-electron chi connectivity index (χ2n) is 8.24. The second kappa shape index (κ2) is 10.1. The van der Waals surface area contributed by atoms with E-state index < -0.39 is 0 Å². The zero-order valence-corrected chi connectivity index (χ0v) is 16.3. The highest BCUT2D eigenvalue weighted by molar-refractivity contribution is 5.76. The number of amides is 1. The monoisotopic (exact) mass is 357 g/mol. The largest absolute Gasteiger partial charge is 0.343 e. The van der Waals surface area contributed by atoms with Crippen molar-refractivity contribution in [2.75, 3.05) is 39.8 Å². The molecule has 26 heavy (non-hydrogen) atoms. The molecule has 1 aromatic rings. The highest BCUT2D eigenvalue weighted by Crippen LogP contribution is 2.22. The fourth-order valence-corrected chi connectivity index (χ4v) is 4.42. The normalized spacial score (nSPS) is 19.8. The van der Waals surface area contributed by atoms with Crippen LogP contribution in [-0.4, -0.2) is 55.5 Å². The molecule has 0 saturated carbocycles. The van der Waals surface area contributed by atoms with Crippen LogP contribution in [0.25, 0.3) is 0 Å². The first-order valence-corrected chi connectivity index (χ1v) is 10.4. The number of rotatable bonds is 7. The molecule has 3 rings (SSSR count). The molecule has 144 valence electrons. The molecule has 0 bridgehead atoms. The van der Waals surface area contributed by atoms with E-state index in [0.717, 1.165) is 76.8 Å². The lowest BCUT2D eigenvalue weighted by Crippen LogP contribution is -2.41. The summed E-state index contributed by atoms with van der Waals surface area (Å²) in [6, 6.07) is 10.7. The van der Waals surface area contributed by atoms with Crippen LogP contribution in [0.15, 0.2) is 30.3 Å². The van der Waals surface area contributed by atoms with E-state index in [-0.39, 0.29) is 0 Å². The lowest BCUT2D eigenvalue weighted by atomic mass is 9.92. The molecule has 1 aromatic carbocycles. The van der Waals surface area contributed by atoms with E-state index in [2.05, 4.69) is 52.5 Å². The molecule has 4 nitrogen and oxygen atoms in total. The molecule has 0 radical (unpaired) electrons. The van der Waals surface area contributed by atoms with Gasteiger partial charge in [-0.2, -0.15) is 0 Å². The molecule has 4 heteroatoms. The predicted octanol–water partition coefficient (Wildman–Crippen LogP) is 3.14. The van der Waals surface area contributed by atoms with Gasteiger partial charge in [0, 0.05) is 32.6 Å². The smallest absolute Gasteiger partial charge is 0.222 e. The van der Waals surface area contributed by atoms with Crippen LogP contribution in [0.1, 0.15) is 44.1 Å². The van der Waals surface area contributed by atoms with Gasteiger partial charge in [-0.15, -0.1) is 0 Å². The summed E-state index contributed by atoms with van der Waals surface area (Å²) in [5.74, 6) is 1.86. The second-order valence-corrected chi connectivity index (χ2v) is 8.24. The summed E-state index contributed by atoms with van der Waals surface area (Å²) in [4.78, 5) is 17.1. The van der Waals surface area contributed by atoms with Gasteiger partial charge < -0.3 is 15.1 Å². The first-order chi connectivity index (χ1) is 12.7. The molecule has 0 aliphatic carbocycles. The Bertz CT molecular complexity index is 534. The molecule has 1 amide bonds. The van der Waals surface area contributed by atoms with Gasteiger partial charge in [0.15, 0.2) is 0 Å². The minimum absolute atomic E-state index is 0.389. The van der Waals surface area contributed by atoms with Crippen molar-refractivity contribution in [3.05, 3.63) is 35.9 Å². The Balaban J connectivity index is 1.33. The van der Waals surface area contributed by atoms with Crippen molar-refractivity contribution in [2.45, 2.75) is 45.1 Å². The molecular weight excluding hydrogens is 322 g/mol. The summed E-state index contributed by atoms with van der Waals surface area (Å²) in [7, 11) is 2.21. The van der Waals surface area contributed by atoms with E-state index in [0.29, 0.717) is 5.91 Å². The number of carbonyl (C=O) groups is 1. The fraction of sp³-hybridized carbons (Fsp3) is 0.682. The number of hydrogen-bond acceptors (Lipinski definition) is 3. The Morgan fingerprint density at radius 3 is 2.46 bits per heavy atom. The van der Waals surface area contributed by atoms with Crippen LogP contribution in [0, 0.1) is 11.8 Å². The quantitative estimate of drug-likeness (QED) is 0.814. The number of piperidine rings is 2. The van der Waals surface area contributed by atoms with Gasteiger partial charge in [0.05, 0.1) is 0 Å². The molecule has 0 spiro atoms. The Hall–Kier alpha value is -1.39. The van der Waals surface area contributed by atoms with Crippen LogP contribution in [0.5, 0.6) is 0 Å². The number of benzene rings is 1. The summed E-state index contributed by atoms with van der Waals surface area (Å²) < 4.78 is 0. The first-order valence-electron chi connectivity index (χ1n) is 10.4. The number of hydrogen-bond donors (Lipinski definition) is 1. The summed E-state index contributed by atoms with van der Waals surface area (Å²) in [5, 5.41) is 3.40. The van der Waals surface area contributed by atoms with Crippen LogP contribution in [0.3, 0.4) is 0 Å². The maximum Gasteiger partial charge on any atom is 0.222 e. The van der Waals surface area contributed by atoms with Crippen molar-refractivity contribution in [3.63, 3.8) is 0 Å². The molecule has 0 unspecified atom stereocenters. The minimum atomic E-state index is 0.389. The summed E-state index contributed by atoms with van der Waals surface area (Å²) >= 11 is 0. The van der Waals surface area contributed by atoms with Crippen molar-refractivity contribution in [1.29, 1.82) is 0 Å². The third-order valence-electron chi connectivity index (χ3n) is 6.06. The standard InChI is InChI=1S/C22H35N3O/c1-24(17-20-5-3-2-4-6-20)18-21-11-15-25(16-12-21)22(26)8-7-19-9-13-23-14-10-19/h2-6,19,21,23H,7-18H2,1H3. The maximum atomic E-state index is 12.5. The van der Waals surface area contributed by atoms with E-state index in [1.54, 1.807) is 0 Å². The Labute approximate surface area is 158 Å². The average molecular weight is 358 g/mol. The Kier molecular flexibility index (Phi) is 7.51. The molecule has 1 N–H and O–H groups in total. The maximum absolute atomic E-state index is 12.5. The van der Waals surface area contributed by atoms with E-state index >= 15 is 0 Å². The van der Waals surface area contributed by atoms with Gasteiger partial charge >= 0.3 is 0 Å². The number of carbonyl (C=O) groups excluding carboxylic acids is 1. The number of nitrogens with zero attached hydrogens (tertiary/aromatic N) is 2. The third kappa shape index (κ3) is 6.10. The lowest BCUT2D eigenvalue weighted by Gasteiger charge is -2.34. The fourth-order valence-electron chi connectivity index (χ4n) is 4.42. The first kappa shape index (κ1) is 19.4. The van der Waals surface area contributed by atoms with Gasteiger partial charge in [0.25, 0.3) is 0 Å². The SMILES string of the molecule is CN(Cc1ccccc1)CC1CCN(C(=O)CCC2CCNCC2)CC1. The highest BCUT2D eigenvalue weighted by atomic mass is 16.2. The summed E-state index contributed by atoms with van der Waals surface area (Å²) in [6.45, 7) is 6.30. The topological polar surface area (TPSA) is 35.6 Å². The molecule has 0 aromatic heterocycles. The predicted molar refractivity (Wildman–Crippen MR) is 107 cm³/mol. The number of nitrogens with one attached hydrogen (secondary N) is 1. The van der Waals surface area contributed by atoms with Gasteiger partial charge in [-0.1, -0.05) is 30.3 Å². The molecule has 2 fully saturated rings. The van der Waals surface area contributed by atoms with Crippen LogP contribution < -0.4 is 5.32 Å². The average Bonchev–Trinajstić information content (AvgIpc) is 2.68. The van der Waals surface area contributed by atoms with Crippen LogP contribution in [0.4, 0.5) is 0 Å². The van der Waals surface area contributed by atoms with Crippen LogP contribution in [-0.2, 0) is 11.3 Å². The van der Waals surface area contributed by atoms with E-state index in [9.17, 15) is 4.79 Å².